The van der Waals surface area contributed by atoms with E-state index in [1.54, 1.807) is 18.3 Å². The Morgan fingerprint density at radius 3 is 2.18 bits per heavy atom. The lowest BCUT2D eigenvalue weighted by atomic mass is 10.2. The van der Waals surface area contributed by atoms with Gasteiger partial charge < -0.3 is 5.32 Å². The van der Waals surface area contributed by atoms with Crippen LogP contribution in [-0.4, -0.2) is 44.2 Å². The SMILES string of the molecule is CCCCCN(C(C)C)S(=O)(=O)C(C)CNC. The molecule has 0 amide bonds. The van der Waals surface area contributed by atoms with Gasteiger partial charge in [0.15, 0.2) is 0 Å². The summed E-state index contributed by atoms with van der Waals surface area (Å²) in [5.41, 5.74) is 0. The van der Waals surface area contributed by atoms with Crippen molar-refractivity contribution in [2.45, 2.75) is 58.2 Å². The van der Waals surface area contributed by atoms with Gasteiger partial charge in [-0.2, -0.15) is 4.31 Å². The highest BCUT2D eigenvalue weighted by Crippen LogP contribution is 2.14. The molecule has 4 nitrogen and oxygen atoms in total. The van der Waals surface area contributed by atoms with Crippen LogP contribution in [0.3, 0.4) is 0 Å². The molecule has 0 saturated heterocycles. The smallest absolute Gasteiger partial charge is 0.218 e. The Labute approximate surface area is 107 Å². The van der Waals surface area contributed by atoms with Gasteiger partial charge in [-0.05, 0) is 34.2 Å². The van der Waals surface area contributed by atoms with Gasteiger partial charge in [-0.25, -0.2) is 8.42 Å². The minimum absolute atomic E-state index is 0.0381. The maximum atomic E-state index is 12.3. The molecule has 0 aromatic rings. The normalized spacial score (nSPS) is 14.5. The molecule has 0 fully saturated rings. The Balaban J connectivity index is 4.67. The van der Waals surface area contributed by atoms with Crippen LogP contribution in [0, 0.1) is 0 Å². The highest BCUT2D eigenvalue weighted by atomic mass is 32.2. The Morgan fingerprint density at radius 2 is 1.76 bits per heavy atom. The summed E-state index contributed by atoms with van der Waals surface area (Å²) in [5.74, 6) is 0. The second-order valence-electron chi connectivity index (χ2n) is 4.82. The third-order valence-electron chi connectivity index (χ3n) is 2.88. The molecule has 104 valence electrons. The van der Waals surface area contributed by atoms with E-state index in [9.17, 15) is 8.42 Å². The minimum atomic E-state index is -3.17. The van der Waals surface area contributed by atoms with Gasteiger partial charge in [-0.15, -0.1) is 0 Å². The van der Waals surface area contributed by atoms with Crippen LogP contribution in [0.2, 0.25) is 0 Å². The van der Waals surface area contributed by atoms with E-state index in [-0.39, 0.29) is 11.3 Å². The van der Waals surface area contributed by atoms with Crippen LogP contribution in [0.4, 0.5) is 0 Å². The number of hydrogen-bond donors (Lipinski definition) is 1. The van der Waals surface area contributed by atoms with Crippen molar-refractivity contribution in [2.24, 2.45) is 0 Å². The molecule has 5 heteroatoms. The molecule has 0 aromatic heterocycles. The lowest BCUT2D eigenvalue weighted by molar-refractivity contribution is 0.341. The first-order valence-electron chi connectivity index (χ1n) is 6.53. The third kappa shape index (κ3) is 5.36. The predicted molar refractivity (Wildman–Crippen MR) is 73.7 cm³/mol. The summed E-state index contributed by atoms with van der Waals surface area (Å²) in [5, 5.41) is 2.56. The van der Waals surface area contributed by atoms with E-state index < -0.39 is 10.0 Å². The molecule has 1 N–H and O–H groups in total. The molecule has 17 heavy (non-hydrogen) atoms. The summed E-state index contributed by atoms with van der Waals surface area (Å²) < 4.78 is 26.3. The minimum Gasteiger partial charge on any atom is -0.318 e. The first kappa shape index (κ1) is 16.9. The van der Waals surface area contributed by atoms with E-state index in [0.29, 0.717) is 13.1 Å². The Morgan fingerprint density at radius 1 is 1.18 bits per heavy atom. The average Bonchev–Trinajstić information content (AvgIpc) is 2.23. The fraction of sp³-hybridized carbons (Fsp3) is 1.00. The van der Waals surface area contributed by atoms with Crippen molar-refractivity contribution in [2.75, 3.05) is 20.1 Å². The van der Waals surface area contributed by atoms with Gasteiger partial charge in [-0.3, -0.25) is 0 Å². The Hall–Kier alpha value is -0.130. The van der Waals surface area contributed by atoms with E-state index in [0.717, 1.165) is 19.3 Å². The van der Waals surface area contributed by atoms with E-state index in [1.807, 2.05) is 13.8 Å². The third-order valence-corrected chi connectivity index (χ3v) is 5.33. The molecule has 0 spiro atoms. The molecule has 0 rings (SSSR count). The summed E-state index contributed by atoms with van der Waals surface area (Å²) in [4.78, 5) is 0. The zero-order chi connectivity index (χ0) is 13.5. The Kier molecular flexibility index (Phi) is 8.00. The maximum Gasteiger partial charge on any atom is 0.218 e. The van der Waals surface area contributed by atoms with Crippen molar-refractivity contribution < 1.29 is 8.42 Å². The largest absolute Gasteiger partial charge is 0.318 e. The van der Waals surface area contributed by atoms with Gasteiger partial charge in [0, 0.05) is 19.1 Å². The highest BCUT2D eigenvalue weighted by molar-refractivity contribution is 7.89. The molecule has 0 aliphatic rings. The van der Waals surface area contributed by atoms with Crippen molar-refractivity contribution in [1.29, 1.82) is 0 Å². The van der Waals surface area contributed by atoms with Gasteiger partial charge in [0.05, 0.1) is 5.25 Å². The van der Waals surface area contributed by atoms with E-state index in [2.05, 4.69) is 12.2 Å². The topological polar surface area (TPSA) is 49.4 Å². The zero-order valence-electron chi connectivity index (χ0n) is 11.9. The fourth-order valence-corrected chi connectivity index (χ4v) is 3.63. The van der Waals surface area contributed by atoms with Gasteiger partial charge in [-0.1, -0.05) is 19.8 Å². The molecule has 1 unspecified atom stereocenters. The summed E-state index contributed by atoms with van der Waals surface area (Å²) >= 11 is 0. The van der Waals surface area contributed by atoms with Crippen LogP contribution in [0.15, 0.2) is 0 Å². The standard InChI is InChI=1S/C12H28N2O2S/c1-6-7-8-9-14(11(2)3)17(15,16)12(4)10-13-5/h11-13H,6-10H2,1-5H3. The number of nitrogens with one attached hydrogen (secondary N) is 1. The van der Waals surface area contributed by atoms with Crippen LogP contribution >= 0.6 is 0 Å². The first-order valence-corrected chi connectivity index (χ1v) is 8.03. The number of hydrogen-bond acceptors (Lipinski definition) is 3. The summed E-state index contributed by atoms with van der Waals surface area (Å²) in [6.45, 7) is 8.91. The van der Waals surface area contributed by atoms with Crippen molar-refractivity contribution in [1.82, 2.24) is 9.62 Å². The van der Waals surface area contributed by atoms with Crippen LogP contribution in [-0.2, 0) is 10.0 Å². The molecule has 0 heterocycles. The predicted octanol–water partition coefficient (Wildman–Crippen LogP) is 1.82. The molecule has 0 saturated carbocycles. The summed E-state index contributed by atoms with van der Waals surface area (Å²) in [6, 6.07) is 0.0381. The molecule has 0 bridgehead atoms. The molecule has 1 atom stereocenters. The molecule has 0 aromatic carbocycles. The number of nitrogens with zero attached hydrogens (tertiary/aromatic N) is 1. The fourth-order valence-electron chi connectivity index (χ4n) is 1.82. The van der Waals surface area contributed by atoms with Crippen molar-refractivity contribution in [3.05, 3.63) is 0 Å². The summed E-state index contributed by atoms with van der Waals surface area (Å²) in [7, 11) is -1.39. The van der Waals surface area contributed by atoms with E-state index >= 15 is 0 Å². The average molecular weight is 264 g/mol. The lowest BCUT2D eigenvalue weighted by Crippen LogP contribution is -2.45. The van der Waals surface area contributed by atoms with E-state index in [4.69, 9.17) is 0 Å². The quantitative estimate of drug-likeness (QED) is 0.646. The van der Waals surface area contributed by atoms with Gasteiger partial charge in [0.25, 0.3) is 0 Å². The molecule has 0 aliphatic heterocycles. The van der Waals surface area contributed by atoms with E-state index in [1.165, 1.54) is 0 Å². The molecular weight excluding hydrogens is 236 g/mol. The molecule has 0 radical (unpaired) electrons. The first-order chi connectivity index (χ1) is 7.87. The van der Waals surface area contributed by atoms with Crippen LogP contribution in [0.5, 0.6) is 0 Å². The maximum absolute atomic E-state index is 12.3. The molecule has 0 aliphatic carbocycles. The number of sulfonamides is 1. The van der Waals surface area contributed by atoms with Gasteiger partial charge in [0.2, 0.25) is 10.0 Å². The second kappa shape index (κ2) is 8.06. The second-order valence-corrected chi connectivity index (χ2v) is 7.13. The van der Waals surface area contributed by atoms with Crippen molar-refractivity contribution in [3.8, 4) is 0 Å². The van der Waals surface area contributed by atoms with Gasteiger partial charge in [0.1, 0.15) is 0 Å². The zero-order valence-corrected chi connectivity index (χ0v) is 12.7. The molecular formula is C12H28N2O2S. The Bertz CT molecular complexity index is 289. The number of rotatable bonds is 9. The number of unbranched alkanes of at least 4 members (excludes halogenated alkanes) is 2. The van der Waals surface area contributed by atoms with Crippen LogP contribution in [0.25, 0.3) is 0 Å². The van der Waals surface area contributed by atoms with Crippen molar-refractivity contribution in [3.63, 3.8) is 0 Å². The van der Waals surface area contributed by atoms with Crippen LogP contribution < -0.4 is 5.32 Å². The lowest BCUT2D eigenvalue weighted by Gasteiger charge is -2.29. The van der Waals surface area contributed by atoms with Crippen LogP contribution in [0.1, 0.15) is 47.0 Å². The highest BCUT2D eigenvalue weighted by Gasteiger charge is 2.29. The van der Waals surface area contributed by atoms with Gasteiger partial charge >= 0.3 is 0 Å². The summed E-state index contributed by atoms with van der Waals surface area (Å²) in [6.07, 6.45) is 3.14. The monoisotopic (exact) mass is 264 g/mol. The van der Waals surface area contributed by atoms with Crippen molar-refractivity contribution >= 4 is 10.0 Å².